The lowest BCUT2D eigenvalue weighted by atomic mass is 9.85. The van der Waals surface area contributed by atoms with Crippen LogP contribution in [0.3, 0.4) is 0 Å². The van der Waals surface area contributed by atoms with Crippen LogP contribution < -0.4 is 5.73 Å². The topological polar surface area (TPSA) is 64.9 Å². The summed E-state index contributed by atoms with van der Waals surface area (Å²) in [6.45, 7) is 8.02. The maximum atomic E-state index is 13.1. The summed E-state index contributed by atoms with van der Waals surface area (Å²) in [4.78, 5) is 4.34. The quantitative estimate of drug-likeness (QED) is 0.936. The Bertz CT molecular complexity index is 601. The first-order chi connectivity index (χ1) is 9.27. The van der Waals surface area contributed by atoms with Crippen LogP contribution in [0.25, 0.3) is 11.4 Å². The Kier molecular flexibility index (Phi) is 3.90. The number of aromatic nitrogens is 2. The van der Waals surface area contributed by atoms with Gasteiger partial charge in [-0.1, -0.05) is 25.9 Å². The number of nitrogens with two attached hydrogens (primary N) is 1. The van der Waals surface area contributed by atoms with Crippen LogP contribution in [0.1, 0.15) is 32.2 Å². The fourth-order valence-electron chi connectivity index (χ4n) is 1.82. The number of benzene rings is 1. The zero-order chi connectivity index (χ0) is 14.9. The van der Waals surface area contributed by atoms with Gasteiger partial charge in [0.2, 0.25) is 11.7 Å². The van der Waals surface area contributed by atoms with Crippen LogP contribution in [-0.2, 0) is 6.42 Å². The van der Waals surface area contributed by atoms with Crippen molar-refractivity contribution in [3.63, 3.8) is 0 Å². The second-order valence-corrected chi connectivity index (χ2v) is 6.15. The van der Waals surface area contributed by atoms with E-state index in [9.17, 15) is 4.39 Å². The molecule has 0 aliphatic heterocycles. The minimum absolute atomic E-state index is 0.0274. The molecule has 0 aliphatic carbocycles. The van der Waals surface area contributed by atoms with Gasteiger partial charge in [0.05, 0.1) is 0 Å². The first-order valence-corrected chi connectivity index (χ1v) is 6.62. The summed E-state index contributed by atoms with van der Waals surface area (Å²) < 4.78 is 18.3. The van der Waals surface area contributed by atoms with Gasteiger partial charge in [-0.05, 0) is 36.1 Å². The minimum atomic E-state index is -0.273. The lowest BCUT2D eigenvalue weighted by Crippen LogP contribution is -2.36. The van der Waals surface area contributed by atoms with Crippen LogP contribution in [0.5, 0.6) is 0 Å². The van der Waals surface area contributed by atoms with E-state index in [1.807, 2.05) is 6.92 Å². The number of hydrogen-bond donors (Lipinski definition) is 1. The van der Waals surface area contributed by atoms with Crippen molar-refractivity contribution in [2.24, 2.45) is 11.1 Å². The second kappa shape index (κ2) is 5.32. The first kappa shape index (κ1) is 14.7. The summed E-state index contributed by atoms with van der Waals surface area (Å²) >= 11 is 0. The third-order valence-electron chi connectivity index (χ3n) is 3.40. The molecule has 0 aliphatic rings. The van der Waals surface area contributed by atoms with Gasteiger partial charge in [0, 0.05) is 18.0 Å². The molecule has 0 saturated carbocycles. The van der Waals surface area contributed by atoms with E-state index in [2.05, 4.69) is 30.9 Å². The molecule has 1 unspecified atom stereocenters. The molecule has 1 aromatic heterocycles. The first-order valence-electron chi connectivity index (χ1n) is 6.62. The van der Waals surface area contributed by atoms with E-state index in [4.69, 9.17) is 10.3 Å². The maximum absolute atomic E-state index is 13.1. The van der Waals surface area contributed by atoms with Crippen molar-refractivity contribution in [1.29, 1.82) is 0 Å². The highest BCUT2D eigenvalue weighted by Gasteiger charge is 2.23. The monoisotopic (exact) mass is 277 g/mol. The van der Waals surface area contributed by atoms with Gasteiger partial charge in [-0.3, -0.25) is 0 Å². The van der Waals surface area contributed by atoms with Gasteiger partial charge >= 0.3 is 0 Å². The number of rotatable bonds is 3. The van der Waals surface area contributed by atoms with E-state index < -0.39 is 0 Å². The lowest BCUT2D eigenvalue weighted by Gasteiger charge is -2.25. The molecule has 20 heavy (non-hydrogen) atoms. The zero-order valence-electron chi connectivity index (χ0n) is 12.3. The highest BCUT2D eigenvalue weighted by atomic mass is 19.1. The summed E-state index contributed by atoms with van der Waals surface area (Å²) in [5, 5.41) is 3.95. The summed E-state index contributed by atoms with van der Waals surface area (Å²) in [7, 11) is 0. The van der Waals surface area contributed by atoms with Crippen molar-refractivity contribution >= 4 is 0 Å². The van der Waals surface area contributed by atoms with Crippen molar-refractivity contribution in [2.75, 3.05) is 0 Å². The second-order valence-electron chi connectivity index (χ2n) is 6.15. The normalized spacial score (nSPS) is 13.5. The van der Waals surface area contributed by atoms with Crippen molar-refractivity contribution in [1.82, 2.24) is 10.1 Å². The summed E-state index contributed by atoms with van der Waals surface area (Å²) in [5.74, 6) is 0.703. The summed E-state index contributed by atoms with van der Waals surface area (Å²) in [6.07, 6.45) is 0.525. The van der Waals surface area contributed by atoms with Crippen molar-refractivity contribution in [2.45, 2.75) is 40.2 Å². The van der Waals surface area contributed by atoms with Crippen LogP contribution in [0.4, 0.5) is 4.39 Å². The molecule has 0 bridgehead atoms. The highest BCUT2D eigenvalue weighted by molar-refractivity contribution is 5.59. The Balaban J connectivity index is 2.21. The average Bonchev–Trinajstić information content (AvgIpc) is 2.76. The van der Waals surface area contributed by atoms with Crippen LogP contribution in [0.2, 0.25) is 0 Å². The number of nitrogens with zero attached hydrogens (tertiary/aromatic N) is 2. The van der Waals surface area contributed by atoms with Gasteiger partial charge < -0.3 is 10.3 Å². The van der Waals surface area contributed by atoms with Crippen molar-refractivity contribution in [3.8, 4) is 11.4 Å². The Morgan fingerprint density at radius 2 is 2.05 bits per heavy atom. The molecule has 0 spiro atoms. The number of halogens is 1. The smallest absolute Gasteiger partial charge is 0.228 e. The SMILES string of the molecule is Cc1cc(F)ccc1-c1noc(CC(N)C(C)(C)C)n1. The van der Waals surface area contributed by atoms with E-state index in [1.165, 1.54) is 12.1 Å². The van der Waals surface area contributed by atoms with Gasteiger partial charge in [-0.15, -0.1) is 0 Å². The fourth-order valence-corrected chi connectivity index (χ4v) is 1.82. The Morgan fingerprint density at radius 1 is 1.35 bits per heavy atom. The Labute approximate surface area is 118 Å². The average molecular weight is 277 g/mol. The molecule has 0 saturated heterocycles. The third-order valence-corrected chi connectivity index (χ3v) is 3.40. The van der Waals surface area contributed by atoms with Crippen LogP contribution >= 0.6 is 0 Å². The number of hydrogen-bond acceptors (Lipinski definition) is 4. The minimum Gasteiger partial charge on any atom is -0.339 e. The van der Waals surface area contributed by atoms with E-state index in [0.29, 0.717) is 18.1 Å². The van der Waals surface area contributed by atoms with Crippen molar-refractivity contribution in [3.05, 3.63) is 35.5 Å². The third kappa shape index (κ3) is 3.22. The predicted octanol–water partition coefficient (Wildman–Crippen LogP) is 3.10. The molecule has 4 nitrogen and oxygen atoms in total. The van der Waals surface area contributed by atoms with Gasteiger partial charge in [-0.25, -0.2) is 4.39 Å². The molecule has 1 aromatic carbocycles. The van der Waals surface area contributed by atoms with Crippen LogP contribution in [-0.4, -0.2) is 16.2 Å². The predicted molar refractivity (Wildman–Crippen MR) is 75.6 cm³/mol. The van der Waals surface area contributed by atoms with Crippen molar-refractivity contribution < 1.29 is 8.91 Å². The molecule has 0 radical (unpaired) electrons. The van der Waals surface area contributed by atoms with E-state index in [0.717, 1.165) is 11.1 Å². The maximum Gasteiger partial charge on any atom is 0.228 e. The lowest BCUT2D eigenvalue weighted by molar-refractivity contribution is 0.286. The molecule has 0 amide bonds. The van der Waals surface area contributed by atoms with Crippen LogP contribution in [0, 0.1) is 18.2 Å². The molecule has 108 valence electrons. The van der Waals surface area contributed by atoms with Crippen LogP contribution in [0.15, 0.2) is 22.7 Å². The zero-order valence-corrected chi connectivity index (χ0v) is 12.3. The van der Waals surface area contributed by atoms with Gasteiger partial charge in [0.1, 0.15) is 5.82 Å². The summed E-state index contributed by atoms with van der Waals surface area (Å²) in [5.41, 5.74) is 7.62. The van der Waals surface area contributed by atoms with E-state index >= 15 is 0 Å². The van der Waals surface area contributed by atoms with Gasteiger partial charge in [-0.2, -0.15) is 4.98 Å². The molecular weight excluding hydrogens is 257 g/mol. The van der Waals surface area contributed by atoms with Gasteiger partial charge in [0.15, 0.2) is 0 Å². The largest absolute Gasteiger partial charge is 0.339 e. The molecule has 2 aromatic rings. The highest BCUT2D eigenvalue weighted by Crippen LogP contribution is 2.23. The van der Waals surface area contributed by atoms with Gasteiger partial charge in [0.25, 0.3) is 0 Å². The fraction of sp³-hybridized carbons (Fsp3) is 0.467. The number of aryl methyl sites for hydroxylation is 1. The van der Waals surface area contributed by atoms with E-state index in [1.54, 1.807) is 6.07 Å². The Morgan fingerprint density at radius 3 is 2.65 bits per heavy atom. The van der Waals surface area contributed by atoms with E-state index in [-0.39, 0.29) is 17.3 Å². The molecule has 0 fully saturated rings. The molecule has 5 heteroatoms. The molecular formula is C15H20FN3O. The molecule has 1 atom stereocenters. The molecule has 2 rings (SSSR count). The molecule has 1 heterocycles. The standard InChI is InChI=1S/C15H20FN3O/c1-9-7-10(16)5-6-11(9)14-18-13(20-19-14)8-12(17)15(2,3)4/h5-7,12H,8,17H2,1-4H3. The Hall–Kier alpha value is -1.75. The summed E-state index contributed by atoms with van der Waals surface area (Å²) in [6, 6.07) is 4.43. The molecule has 2 N–H and O–H groups in total.